The van der Waals surface area contributed by atoms with E-state index in [1.165, 1.54) is 0 Å². The number of carbonyl (C=O) groups excluding carboxylic acids is 7. The van der Waals surface area contributed by atoms with Gasteiger partial charge in [-0.25, -0.2) is 0 Å². The second-order valence-electron chi connectivity index (χ2n) is 9.68. The van der Waals surface area contributed by atoms with Crippen molar-refractivity contribution in [2.24, 2.45) is 0 Å². The number of aliphatic hydroxyl groups excluding tert-OH is 1. The first-order chi connectivity index (χ1) is 20.5. The smallest absolute Gasteiger partial charge is 0.303 e. The van der Waals surface area contributed by atoms with Gasteiger partial charge in [-0.2, -0.15) is 0 Å². The average molecular weight is 637 g/mol. The Labute approximate surface area is 251 Å². The second-order valence-corrected chi connectivity index (χ2v) is 9.68. The van der Waals surface area contributed by atoms with Gasteiger partial charge in [0.2, 0.25) is 0 Å². The first-order valence-electron chi connectivity index (χ1n) is 13.3. The summed E-state index contributed by atoms with van der Waals surface area (Å²) in [5.41, 5.74) is 0. The Morgan fingerprint density at radius 2 is 0.818 bits per heavy atom. The van der Waals surface area contributed by atoms with E-state index >= 15 is 0 Å². The summed E-state index contributed by atoms with van der Waals surface area (Å²) >= 11 is 0. The van der Waals surface area contributed by atoms with Crippen LogP contribution in [0.3, 0.4) is 0 Å². The van der Waals surface area contributed by atoms with Gasteiger partial charge in [-0.3, -0.25) is 33.6 Å². The lowest BCUT2D eigenvalue weighted by Gasteiger charge is -2.47. The maximum Gasteiger partial charge on any atom is 0.303 e. The summed E-state index contributed by atoms with van der Waals surface area (Å²) < 4.78 is 53.9. The number of rotatable bonds is 11. The minimum Gasteiger partial charge on any atom is -0.463 e. The quantitative estimate of drug-likeness (QED) is 0.203. The van der Waals surface area contributed by atoms with Crippen molar-refractivity contribution in [2.45, 2.75) is 110 Å². The van der Waals surface area contributed by atoms with Crippen LogP contribution in [-0.2, 0) is 80.9 Å². The Kier molecular flexibility index (Phi) is 13.4. The van der Waals surface area contributed by atoms with Gasteiger partial charge in [0, 0.05) is 48.5 Å². The monoisotopic (exact) mass is 636 g/mol. The fraction of sp³-hybridized carbons (Fsp3) is 0.731. The van der Waals surface area contributed by atoms with Gasteiger partial charge in [0.05, 0.1) is 0 Å². The van der Waals surface area contributed by atoms with Crippen LogP contribution in [0.4, 0.5) is 0 Å². The summed E-state index contributed by atoms with van der Waals surface area (Å²) in [6.07, 6.45) is -16.3. The molecule has 2 heterocycles. The zero-order valence-corrected chi connectivity index (χ0v) is 25.1. The van der Waals surface area contributed by atoms with Crippen LogP contribution < -0.4 is 0 Å². The minimum atomic E-state index is -1.99. The molecule has 0 amide bonds. The van der Waals surface area contributed by atoms with Crippen LogP contribution in [0.1, 0.15) is 48.5 Å². The third-order valence-electron chi connectivity index (χ3n) is 5.90. The zero-order valence-electron chi connectivity index (χ0n) is 25.1. The second kappa shape index (κ2) is 16.3. The van der Waals surface area contributed by atoms with Gasteiger partial charge >= 0.3 is 41.8 Å². The van der Waals surface area contributed by atoms with Gasteiger partial charge in [-0.15, -0.1) is 0 Å². The molecule has 1 N–H and O–H groups in total. The van der Waals surface area contributed by atoms with Crippen LogP contribution in [-0.4, -0.2) is 122 Å². The van der Waals surface area contributed by atoms with E-state index in [1.54, 1.807) is 0 Å². The van der Waals surface area contributed by atoms with E-state index in [-0.39, 0.29) is 0 Å². The average Bonchev–Trinajstić information content (AvgIpc) is 2.87. The van der Waals surface area contributed by atoms with Gasteiger partial charge in [0.15, 0.2) is 49.2 Å². The molecular formula is C26H36O18. The molecule has 0 bridgehead atoms. The molecule has 0 unspecified atom stereocenters. The van der Waals surface area contributed by atoms with Crippen molar-refractivity contribution in [3.05, 3.63) is 0 Å². The number of esters is 7. The summed E-state index contributed by atoms with van der Waals surface area (Å²) in [5, 5.41) is 11.0. The van der Waals surface area contributed by atoms with Crippen LogP contribution in [0.15, 0.2) is 0 Å². The fourth-order valence-corrected chi connectivity index (χ4v) is 4.49. The van der Waals surface area contributed by atoms with Crippen molar-refractivity contribution in [1.29, 1.82) is 0 Å². The molecule has 0 aromatic heterocycles. The third kappa shape index (κ3) is 10.7. The van der Waals surface area contributed by atoms with Gasteiger partial charge in [0.25, 0.3) is 0 Å². The number of aliphatic hydroxyl groups is 1. The van der Waals surface area contributed by atoms with E-state index in [1.807, 2.05) is 0 Å². The Hall–Kier alpha value is -3.87. The van der Waals surface area contributed by atoms with E-state index in [9.17, 15) is 38.7 Å². The molecule has 248 valence electrons. The molecule has 10 atom stereocenters. The molecule has 2 aliphatic heterocycles. The molecule has 0 radical (unpaired) electrons. The Bertz CT molecular complexity index is 1090. The summed E-state index contributed by atoms with van der Waals surface area (Å²) in [6, 6.07) is 0. The van der Waals surface area contributed by atoms with Gasteiger partial charge < -0.3 is 52.5 Å². The van der Waals surface area contributed by atoms with E-state index in [0.717, 1.165) is 48.5 Å². The molecule has 2 aliphatic rings. The van der Waals surface area contributed by atoms with Gasteiger partial charge in [-0.1, -0.05) is 0 Å². The molecule has 2 rings (SSSR count). The predicted octanol–water partition coefficient (Wildman–Crippen LogP) is -1.40. The van der Waals surface area contributed by atoms with Crippen LogP contribution in [0.25, 0.3) is 0 Å². The van der Waals surface area contributed by atoms with E-state index < -0.39 is 116 Å². The zero-order chi connectivity index (χ0) is 33.3. The summed E-state index contributed by atoms with van der Waals surface area (Å²) in [4.78, 5) is 83.3. The van der Waals surface area contributed by atoms with E-state index in [4.69, 9.17) is 47.4 Å². The van der Waals surface area contributed by atoms with Crippen LogP contribution >= 0.6 is 0 Å². The van der Waals surface area contributed by atoms with Crippen molar-refractivity contribution in [3.63, 3.8) is 0 Å². The first kappa shape index (κ1) is 36.3. The number of ether oxygens (including phenoxy) is 10. The number of hydrogen-bond donors (Lipinski definition) is 1. The summed E-state index contributed by atoms with van der Waals surface area (Å²) in [6.45, 7) is 6.19. The predicted molar refractivity (Wildman–Crippen MR) is 135 cm³/mol. The maximum absolute atomic E-state index is 12.1. The van der Waals surface area contributed by atoms with Gasteiger partial charge in [-0.05, 0) is 0 Å². The minimum absolute atomic E-state index is 0.534. The summed E-state index contributed by atoms with van der Waals surface area (Å²) in [5.74, 6) is -5.97. The fourth-order valence-electron chi connectivity index (χ4n) is 4.49. The molecule has 0 aromatic carbocycles. The molecule has 0 aliphatic carbocycles. The Morgan fingerprint density at radius 1 is 0.477 bits per heavy atom. The van der Waals surface area contributed by atoms with Crippen LogP contribution in [0.5, 0.6) is 0 Å². The van der Waals surface area contributed by atoms with Crippen molar-refractivity contribution >= 4 is 41.8 Å². The highest BCUT2D eigenvalue weighted by molar-refractivity contribution is 5.69. The van der Waals surface area contributed by atoms with Crippen molar-refractivity contribution in [1.82, 2.24) is 0 Å². The Balaban J connectivity index is 2.59. The van der Waals surface area contributed by atoms with Gasteiger partial charge in [0.1, 0.15) is 25.4 Å². The molecule has 2 fully saturated rings. The molecule has 18 nitrogen and oxygen atoms in total. The lowest BCUT2D eigenvalue weighted by Crippen LogP contribution is -2.67. The highest BCUT2D eigenvalue weighted by atomic mass is 16.8. The normalized spacial score (nSPS) is 31.5. The highest BCUT2D eigenvalue weighted by Gasteiger charge is 2.57. The molecule has 0 spiro atoms. The lowest BCUT2D eigenvalue weighted by atomic mass is 9.96. The number of hydrogen-bond acceptors (Lipinski definition) is 18. The molecule has 44 heavy (non-hydrogen) atoms. The van der Waals surface area contributed by atoms with Crippen LogP contribution in [0, 0.1) is 0 Å². The van der Waals surface area contributed by atoms with Crippen LogP contribution in [0.2, 0.25) is 0 Å². The van der Waals surface area contributed by atoms with Crippen molar-refractivity contribution in [3.8, 4) is 0 Å². The molecule has 0 saturated carbocycles. The Morgan fingerprint density at radius 3 is 1.20 bits per heavy atom. The SMILES string of the molecule is CC(=O)OC[C@H]1O[C@H](O[C@@H]2[C@@H](OC(C)=O)[C@H](OC(C)=O)[C@@H](COC(C)=O)O[C@@H]2O)[C@@H](OC(C)=O)[C@@H](OC(C)=O)[C@@H]1OC(C)=O. The molecule has 0 aromatic rings. The maximum atomic E-state index is 12.1. The lowest BCUT2D eigenvalue weighted by molar-refractivity contribution is -0.363. The van der Waals surface area contributed by atoms with E-state index in [2.05, 4.69) is 0 Å². The molecule has 2 saturated heterocycles. The topological polar surface area (TPSA) is 232 Å². The third-order valence-corrected chi connectivity index (χ3v) is 5.90. The van der Waals surface area contributed by atoms with E-state index in [0.29, 0.717) is 0 Å². The largest absolute Gasteiger partial charge is 0.463 e. The first-order valence-corrected chi connectivity index (χ1v) is 13.3. The molecular weight excluding hydrogens is 600 g/mol. The highest BCUT2D eigenvalue weighted by Crippen LogP contribution is 2.34. The van der Waals surface area contributed by atoms with Crippen molar-refractivity contribution < 1.29 is 86.0 Å². The molecule has 18 heteroatoms. The van der Waals surface area contributed by atoms with Crippen molar-refractivity contribution in [2.75, 3.05) is 13.2 Å². The standard InChI is InChI=1S/C26H36O18/c1-10(27)35-8-17-19(37-12(3)29)21(39-14(5)31)23(25(34)42-17)44-26-24(41-16(7)33)22(40-15(6)32)20(38-13(4)30)18(43-26)9-36-11(2)28/h17-26,34H,8-9H2,1-7H3/t17-,18-,19-,20-,21+,22+,23-,24+,25+,26-/m1/s1. The number of carbonyl (C=O) groups is 7. The summed E-state index contributed by atoms with van der Waals surface area (Å²) in [7, 11) is 0.